The maximum absolute atomic E-state index is 11.5. The zero-order valence-electron chi connectivity index (χ0n) is 12.1. The molecule has 1 fully saturated rings. The van der Waals surface area contributed by atoms with Crippen LogP contribution in [-0.2, 0) is 11.3 Å². The average Bonchev–Trinajstić information content (AvgIpc) is 2.48. The Bertz CT molecular complexity index is 464. The Labute approximate surface area is 120 Å². The fourth-order valence-corrected chi connectivity index (χ4v) is 2.70. The highest BCUT2D eigenvalue weighted by atomic mass is 16.5. The van der Waals surface area contributed by atoms with Crippen LogP contribution in [0.1, 0.15) is 29.3 Å². The van der Waals surface area contributed by atoms with E-state index in [4.69, 9.17) is 10.6 Å². The second kappa shape index (κ2) is 6.83. The maximum atomic E-state index is 11.5. The van der Waals surface area contributed by atoms with E-state index in [1.165, 1.54) is 0 Å². The molecule has 0 aromatic heterocycles. The number of likely N-dealkylation sites (tertiary alicyclic amines) is 1. The fourth-order valence-electron chi connectivity index (χ4n) is 2.70. The number of amides is 1. The topological polar surface area (TPSA) is 67.6 Å². The Morgan fingerprint density at radius 2 is 2.35 bits per heavy atom. The van der Waals surface area contributed by atoms with Crippen molar-refractivity contribution in [1.82, 2.24) is 10.3 Å². The number of nitrogens with zero attached hydrogens (tertiary/aromatic N) is 1. The normalized spacial score (nSPS) is 23.6. The molecule has 110 valence electrons. The zero-order chi connectivity index (χ0) is 14.5. The minimum absolute atomic E-state index is 0.256. The molecule has 1 saturated heterocycles. The Morgan fingerprint density at radius 3 is 3.05 bits per heavy atom. The van der Waals surface area contributed by atoms with Crippen LogP contribution in [-0.4, -0.2) is 37.1 Å². The summed E-state index contributed by atoms with van der Waals surface area (Å²) < 4.78 is 5.53. The smallest absolute Gasteiger partial charge is 0.265 e. The van der Waals surface area contributed by atoms with Crippen molar-refractivity contribution in [3.8, 4) is 0 Å². The summed E-state index contributed by atoms with van der Waals surface area (Å²) in [5.74, 6) is 5.51. The van der Waals surface area contributed by atoms with Crippen molar-refractivity contribution in [3.05, 3.63) is 35.4 Å². The third kappa shape index (κ3) is 3.56. The molecule has 0 saturated carbocycles. The van der Waals surface area contributed by atoms with Gasteiger partial charge in [-0.2, -0.15) is 0 Å². The molecule has 0 bridgehead atoms. The second-order valence-corrected chi connectivity index (χ2v) is 5.45. The van der Waals surface area contributed by atoms with Gasteiger partial charge in [-0.3, -0.25) is 15.1 Å². The number of ether oxygens (including phenoxy) is 1. The highest BCUT2D eigenvalue weighted by Gasteiger charge is 2.25. The van der Waals surface area contributed by atoms with E-state index in [2.05, 4.69) is 17.2 Å². The van der Waals surface area contributed by atoms with Crippen LogP contribution in [0.3, 0.4) is 0 Å². The van der Waals surface area contributed by atoms with Crippen molar-refractivity contribution in [2.75, 3.05) is 20.2 Å². The molecule has 0 aliphatic carbocycles. The predicted octanol–water partition coefficient (Wildman–Crippen LogP) is 1.15. The summed E-state index contributed by atoms with van der Waals surface area (Å²) in [6.45, 7) is 5.06. The molecular formula is C15H23N3O2. The molecule has 5 heteroatoms. The van der Waals surface area contributed by atoms with Crippen LogP contribution < -0.4 is 11.3 Å². The highest BCUT2D eigenvalue weighted by molar-refractivity contribution is 5.93. The van der Waals surface area contributed by atoms with Gasteiger partial charge in [-0.25, -0.2) is 5.84 Å². The molecular weight excluding hydrogens is 254 g/mol. The first-order valence-corrected chi connectivity index (χ1v) is 6.99. The van der Waals surface area contributed by atoms with Gasteiger partial charge in [0.25, 0.3) is 5.91 Å². The van der Waals surface area contributed by atoms with Gasteiger partial charge in [0.15, 0.2) is 0 Å². The van der Waals surface area contributed by atoms with E-state index in [0.717, 1.165) is 31.6 Å². The summed E-state index contributed by atoms with van der Waals surface area (Å²) >= 11 is 0. The van der Waals surface area contributed by atoms with Crippen LogP contribution in [0.15, 0.2) is 24.3 Å². The van der Waals surface area contributed by atoms with Gasteiger partial charge >= 0.3 is 0 Å². The Morgan fingerprint density at radius 1 is 1.55 bits per heavy atom. The summed E-state index contributed by atoms with van der Waals surface area (Å²) in [7, 11) is 1.77. The molecule has 5 nitrogen and oxygen atoms in total. The number of hydrogen-bond donors (Lipinski definition) is 2. The minimum atomic E-state index is -0.256. The lowest BCUT2D eigenvalue weighted by Gasteiger charge is -2.36. The number of benzene rings is 1. The van der Waals surface area contributed by atoms with Crippen LogP contribution in [0.4, 0.5) is 0 Å². The number of carbonyl (C=O) groups excluding carboxylic acids is 1. The lowest BCUT2D eigenvalue weighted by molar-refractivity contribution is -0.00745. The number of carbonyl (C=O) groups is 1. The number of nitrogens with two attached hydrogens (primary N) is 1. The first-order chi connectivity index (χ1) is 9.63. The number of piperidine rings is 1. The summed E-state index contributed by atoms with van der Waals surface area (Å²) in [4.78, 5) is 13.9. The monoisotopic (exact) mass is 277 g/mol. The molecule has 2 atom stereocenters. The van der Waals surface area contributed by atoms with E-state index in [-0.39, 0.29) is 5.91 Å². The summed E-state index contributed by atoms with van der Waals surface area (Å²) in [5.41, 5.74) is 3.88. The van der Waals surface area contributed by atoms with Crippen LogP contribution >= 0.6 is 0 Å². The Hall–Kier alpha value is -1.43. The largest absolute Gasteiger partial charge is 0.380 e. The van der Waals surface area contributed by atoms with Crippen molar-refractivity contribution in [2.45, 2.75) is 26.0 Å². The molecule has 1 aliphatic heterocycles. The number of nitrogens with one attached hydrogen (secondary N) is 1. The Balaban J connectivity index is 2.01. The predicted molar refractivity (Wildman–Crippen MR) is 78.0 cm³/mol. The van der Waals surface area contributed by atoms with E-state index >= 15 is 0 Å². The van der Waals surface area contributed by atoms with E-state index in [0.29, 0.717) is 17.6 Å². The summed E-state index contributed by atoms with van der Waals surface area (Å²) in [6, 6.07) is 7.58. The van der Waals surface area contributed by atoms with Gasteiger partial charge < -0.3 is 4.74 Å². The van der Waals surface area contributed by atoms with Crippen molar-refractivity contribution in [2.24, 2.45) is 11.8 Å². The van der Waals surface area contributed by atoms with E-state index in [1.54, 1.807) is 13.2 Å². The van der Waals surface area contributed by atoms with Gasteiger partial charge in [-0.15, -0.1) is 0 Å². The summed E-state index contributed by atoms with van der Waals surface area (Å²) in [6.07, 6.45) is 1.43. The van der Waals surface area contributed by atoms with E-state index in [9.17, 15) is 4.79 Å². The van der Waals surface area contributed by atoms with Crippen molar-refractivity contribution in [3.63, 3.8) is 0 Å². The SMILES string of the molecule is COC1CN(Cc2cccc(C(=O)NN)c2)CCC1C. The van der Waals surface area contributed by atoms with Gasteiger partial charge in [0.2, 0.25) is 0 Å². The molecule has 20 heavy (non-hydrogen) atoms. The van der Waals surface area contributed by atoms with Crippen LogP contribution in [0.5, 0.6) is 0 Å². The van der Waals surface area contributed by atoms with Crippen LogP contribution in [0.25, 0.3) is 0 Å². The molecule has 1 aliphatic rings. The molecule has 0 spiro atoms. The maximum Gasteiger partial charge on any atom is 0.265 e. The van der Waals surface area contributed by atoms with Gasteiger partial charge in [0.05, 0.1) is 6.10 Å². The zero-order valence-corrected chi connectivity index (χ0v) is 12.1. The Kier molecular flexibility index (Phi) is 5.11. The molecule has 3 N–H and O–H groups in total. The second-order valence-electron chi connectivity index (χ2n) is 5.45. The van der Waals surface area contributed by atoms with Crippen LogP contribution in [0.2, 0.25) is 0 Å². The molecule has 1 amide bonds. The fraction of sp³-hybridized carbons (Fsp3) is 0.533. The first kappa shape index (κ1) is 15.0. The minimum Gasteiger partial charge on any atom is -0.380 e. The van der Waals surface area contributed by atoms with Gasteiger partial charge in [-0.1, -0.05) is 19.1 Å². The molecule has 1 aromatic rings. The van der Waals surface area contributed by atoms with Crippen molar-refractivity contribution >= 4 is 5.91 Å². The lowest BCUT2D eigenvalue weighted by Crippen LogP contribution is -2.43. The average molecular weight is 277 g/mol. The van der Waals surface area contributed by atoms with E-state index in [1.807, 2.05) is 18.2 Å². The number of rotatable bonds is 4. The number of nitrogen functional groups attached to an aromatic ring is 1. The molecule has 0 radical (unpaired) electrons. The van der Waals surface area contributed by atoms with Crippen molar-refractivity contribution < 1.29 is 9.53 Å². The lowest BCUT2D eigenvalue weighted by atomic mass is 9.95. The van der Waals surface area contributed by atoms with Crippen LogP contribution in [0, 0.1) is 5.92 Å². The van der Waals surface area contributed by atoms with Gasteiger partial charge in [0, 0.05) is 25.8 Å². The third-order valence-corrected chi connectivity index (χ3v) is 4.00. The number of hydrazine groups is 1. The van der Waals surface area contributed by atoms with Gasteiger partial charge in [0.1, 0.15) is 0 Å². The number of methoxy groups -OCH3 is 1. The molecule has 1 aromatic carbocycles. The molecule has 2 unspecified atom stereocenters. The quantitative estimate of drug-likeness (QED) is 0.492. The number of hydrogen-bond acceptors (Lipinski definition) is 4. The third-order valence-electron chi connectivity index (χ3n) is 4.00. The van der Waals surface area contributed by atoms with Gasteiger partial charge in [-0.05, 0) is 36.6 Å². The van der Waals surface area contributed by atoms with E-state index < -0.39 is 0 Å². The summed E-state index contributed by atoms with van der Waals surface area (Å²) in [5, 5.41) is 0. The first-order valence-electron chi connectivity index (χ1n) is 6.99. The standard InChI is InChI=1S/C15H23N3O2/c1-11-6-7-18(10-14(11)20-2)9-12-4-3-5-13(8-12)15(19)17-16/h3-5,8,11,14H,6-7,9-10,16H2,1-2H3,(H,17,19). The van der Waals surface area contributed by atoms with Crippen molar-refractivity contribution in [1.29, 1.82) is 0 Å². The molecule has 1 heterocycles. The molecule has 2 rings (SSSR count). The highest BCUT2D eigenvalue weighted by Crippen LogP contribution is 2.21.